The zero-order valence-corrected chi connectivity index (χ0v) is 28.0. The van der Waals surface area contributed by atoms with Gasteiger partial charge >= 0.3 is 12.2 Å². The van der Waals surface area contributed by atoms with Crippen molar-refractivity contribution in [1.82, 2.24) is 19.8 Å². The van der Waals surface area contributed by atoms with Crippen LogP contribution in [0.5, 0.6) is 6.01 Å². The van der Waals surface area contributed by atoms with E-state index < -0.39 is 58.3 Å². The van der Waals surface area contributed by atoms with E-state index >= 15 is 17.6 Å². The van der Waals surface area contributed by atoms with Crippen molar-refractivity contribution in [3.05, 3.63) is 41.0 Å². The lowest BCUT2D eigenvalue weighted by Crippen LogP contribution is -2.51. The lowest BCUT2D eigenvalue weighted by molar-refractivity contribution is -0.137. The normalized spacial score (nSPS) is 25.1. The van der Waals surface area contributed by atoms with Crippen LogP contribution in [-0.4, -0.2) is 95.5 Å². The van der Waals surface area contributed by atoms with Crippen molar-refractivity contribution >= 4 is 49.1 Å². The van der Waals surface area contributed by atoms with E-state index in [9.17, 15) is 18.8 Å². The highest BCUT2D eigenvalue weighted by molar-refractivity contribution is 7.23. The first-order valence-corrected chi connectivity index (χ1v) is 17.3. The molecule has 0 radical (unpaired) electrons. The Morgan fingerprint density at radius 2 is 2.02 bits per heavy atom. The number of ether oxygens (including phenoxy) is 2. The maximum Gasteiger partial charge on any atom is 0.417 e. The first kappa shape index (κ1) is 33.7. The maximum absolute atomic E-state index is 17.2. The number of rotatable bonds is 5. The Kier molecular flexibility index (Phi) is 8.00. The number of halogens is 6. The Bertz CT molecular complexity index is 2140. The maximum atomic E-state index is 17.2. The number of nitriles is 1. The number of carbonyl (C=O) groups excluding carboxylic acids is 1. The Morgan fingerprint density at radius 3 is 2.76 bits per heavy atom. The van der Waals surface area contributed by atoms with E-state index in [4.69, 9.17) is 15.2 Å². The van der Waals surface area contributed by atoms with Crippen LogP contribution in [0, 0.1) is 23.0 Å². The van der Waals surface area contributed by atoms with E-state index in [-0.39, 0.29) is 95.1 Å². The van der Waals surface area contributed by atoms with Crippen LogP contribution >= 0.6 is 11.3 Å². The van der Waals surface area contributed by atoms with Crippen molar-refractivity contribution in [3.8, 4) is 23.2 Å². The van der Waals surface area contributed by atoms with Gasteiger partial charge in [-0.15, -0.1) is 11.3 Å². The highest BCUT2D eigenvalue weighted by atomic mass is 32.1. The largest absolute Gasteiger partial charge is 0.461 e. The fourth-order valence-electron chi connectivity index (χ4n) is 8.33. The van der Waals surface area contributed by atoms with Crippen LogP contribution < -0.4 is 15.4 Å². The van der Waals surface area contributed by atoms with Gasteiger partial charge in [0, 0.05) is 55.9 Å². The zero-order valence-electron chi connectivity index (χ0n) is 27.2. The molecule has 8 rings (SSSR count). The van der Waals surface area contributed by atoms with E-state index in [1.54, 1.807) is 9.80 Å². The third kappa shape index (κ3) is 5.41. The molecule has 0 saturated carbocycles. The number of thiophene rings is 1. The Hall–Kier alpha value is -4.40. The van der Waals surface area contributed by atoms with Gasteiger partial charge in [-0.3, -0.25) is 9.69 Å². The number of nitrogen functional groups attached to an aromatic ring is 1. The van der Waals surface area contributed by atoms with Crippen LogP contribution in [0.4, 0.5) is 37.2 Å². The Balaban J connectivity index is 1.35. The molecule has 4 aromatic rings. The number of aromatic nitrogens is 2. The predicted molar refractivity (Wildman–Crippen MR) is 176 cm³/mol. The van der Waals surface area contributed by atoms with Gasteiger partial charge in [-0.05, 0) is 37.1 Å². The SMILES string of the molecule is CC(=O)N1CC2OCCN(c3nc(OCC45CCCN4CC(F)C5)nc4c(F)c(-c5ccc(F)c6sc(N)c(C#N)c56)c(C(F)(F)F)cc34)C2C1. The number of alkyl halides is 4. The minimum atomic E-state index is -5.13. The molecule has 51 heavy (non-hydrogen) atoms. The number of benzene rings is 2. The van der Waals surface area contributed by atoms with Gasteiger partial charge in [0.25, 0.3) is 0 Å². The number of morpholine rings is 1. The molecule has 0 spiro atoms. The van der Waals surface area contributed by atoms with Crippen LogP contribution in [-0.2, 0) is 15.7 Å². The average molecular weight is 732 g/mol. The van der Waals surface area contributed by atoms with Gasteiger partial charge in [0.2, 0.25) is 5.91 Å². The number of nitrogens with two attached hydrogens (primary N) is 1. The fourth-order valence-corrected chi connectivity index (χ4v) is 9.28. The van der Waals surface area contributed by atoms with Crippen molar-refractivity contribution < 1.29 is 40.6 Å². The molecule has 4 aliphatic rings. The van der Waals surface area contributed by atoms with Gasteiger partial charge in [0.05, 0.1) is 40.1 Å². The predicted octanol–water partition coefficient (Wildman–Crippen LogP) is 5.65. The van der Waals surface area contributed by atoms with E-state index in [0.717, 1.165) is 24.6 Å². The van der Waals surface area contributed by atoms with Crippen molar-refractivity contribution in [2.24, 2.45) is 0 Å². The van der Waals surface area contributed by atoms with Crippen molar-refractivity contribution in [2.45, 2.75) is 56.2 Å². The minimum absolute atomic E-state index is 0.0287. The van der Waals surface area contributed by atoms with Gasteiger partial charge in [-0.25, -0.2) is 13.2 Å². The van der Waals surface area contributed by atoms with Gasteiger partial charge in [0.1, 0.15) is 41.0 Å². The first-order chi connectivity index (χ1) is 24.3. The van der Waals surface area contributed by atoms with Crippen molar-refractivity contribution in [2.75, 3.05) is 56.6 Å². The Morgan fingerprint density at radius 1 is 1.22 bits per heavy atom. The van der Waals surface area contributed by atoms with Crippen LogP contribution in [0.3, 0.4) is 0 Å². The third-order valence-corrected chi connectivity index (χ3v) is 11.7. The second kappa shape index (κ2) is 12.1. The topological polar surface area (TPSA) is 121 Å². The zero-order chi connectivity index (χ0) is 36.0. The molecule has 4 saturated heterocycles. The number of nitrogens with zero attached hydrogens (tertiary/aromatic N) is 6. The van der Waals surface area contributed by atoms with Crippen LogP contribution in [0.1, 0.15) is 37.3 Å². The molecule has 17 heteroatoms. The summed E-state index contributed by atoms with van der Waals surface area (Å²) in [7, 11) is 0. The molecule has 0 aliphatic carbocycles. The third-order valence-electron chi connectivity index (χ3n) is 10.6. The standard InChI is InChI=1S/C34H31F6N7O3S/c1-16(48)45-13-23-24(14-45)49-8-7-47(23)31-19-9-21(34(38,39)40)26(18-3-4-22(36)29-25(18)20(11-41)30(42)51-29)27(37)28(19)43-32(44-31)50-15-33-5-2-6-46(33)12-17(35)10-33/h3-4,9,17,23-24H,2,5-8,10,12-15,42H2,1H3. The quantitative estimate of drug-likeness (QED) is 0.260. The molecule has 4 aliphatic heterocycles. The summed E-state index contributed by atoms with van der Waals surface area (Å²) in [4.78, 5) is 26.5. The highest BCUT2D eigenvalue weighted by Gasteiger charge is 2.50. The van der Waals surface area contributed by atoms with Crippen LogP contribution in [0.15, 0.2) is 18.2 Å². The molecule has 4 fully saturated rings. The minimum Gasteiger partial charge on any atom is -0.461 e. The molecule has 268 valence electrons. The van der Waals surface area contributed by atoms with Gasteiger partial charge in [-0.2, -0.15) is 28.4 Å². The molecule has 0 bridgehead atoms. The summed E-state index contributed by atoms with van der Waals surface area (Å²) in [6.45, 7) is 3.06. The number of hydrogen-bond acceptors (Lipinski definition) is 10. The summed E-state index contributed by atoms with van der Waals surface area (Å²) in [5, 5.41) is 9.20. The molecule has 2 aromatic carbocycles. The molecule has 2 N–H and O–H groups in total. The molecular weight excluding hydrogens is 700 g/mol. The van der Waals surface area contributed by atoms with E-state index in [1.165, 1.54) is 6.92 Å². The number of likely N-dealkylation sites (tertiary alicyclic amines) is 1. The van der Waals surface area contributed by atoms with Gasteiger partial charge in [-0.1, -0.05) is 6.07 Å². The highest BCUT2D eigenvalue weighted by Crippen LogP contribution is 2.48. The number of hydrogen-bond donors (Lipinski definition) is 1. The first-order valence-electron chi connectivity index (χ1n) is 16.5. The van der Waals surface area contributed by atoms with Crippen molar-refractivity contribution in [3.63, 3.8) is 0 Å². The molecule has 4 unspecified atom stereocenters. The summed E-state index contributed by atoms with van der Waals surface area (Å²) in [6.07, 6.45) is -4.98. The summed E-state index contributed by atoms with van der Waals surface area (Å²) < 4.78 is 104. The van der Waals surface area contributed by atoms with Gasteiger partial charge in [0.15, 0.2) is 5.82 Å². The summed E-state index contributed by atoms with van der Waals surface area (Å²) in [5.74, 6) is -2.48. The lowest BCUT2D eigenvalue weighted by Gasteiger charge is -2.38. The second-order valence-corrected chi connectivity index (χ2v) is 14.6. The van der Waals surface area contributed by atoms with Crippen LogP contribution in [0.25, 0.3) is 32.1 Å². The lowest BCUT2D eigenvalue weighted by atomic mass is 9.92. The molecule has 4 atom stereocenters. The number of anilines is 2. The van der Waals surface area contributed by atoms with E-state index in [0.29, 0.717) is 24.3 Å². The van der Waals surface area contributed by atoms with E-state index in [1.807, 2.05) is 11.0 Å². The number of fused-ring (bicyclic) bond motifs is 4. The van der Waals surface area contributed by atoms with Crippen molar-refractivity contribution in [1.29, 1.82) is 5.26 Å². The summed E-state index contributed by atoms with van der Waals surface area (Å²) in [5.41, 5.74) is 1.84. The molecule has 1 amide bonds. The number of carbonyl (C=O) groups is 1. The van der Waals surface area contributed by atoms with E-state index in [2.05, 4.69) is 9.97 Å². The second-order valence-electron chi connectivity index (χ2n) is 13.5. The Labute approximate surface area is 291 Å². The van der Waals surface area contributed by atoms with Gasteiger partial charge < -0.3 is 25.0 Å². The van der Waals surface area contributed by atoms with Crippen LogP contribution in [0.2, 0.25) is 0 Å². The smallest absolute Gasteiger partial charge is 0.417 e. The summed E-state index contributed by atoms with van der Waals surface area (Å²) in [6, 6.07) is 3.62. The molecular formula is C34H31F6N7O3S. The molecule has 6 heterocycles. The molecule has 10 nitrogen and oxygen atoms in total. The number of amides is 1. The monoisotopic (exact) mass is 731 g/mol. The summed E-state index contributed by atoms with van der Waals surface area (Å²) >= 11 is 0.676. The average Bonchev–Trinajstić information content (AvgIpc) is 3.84. The molecule has 2 aromatic heterocycles. The fraction of sp³-hybridized carbons (Fsp3) is 0.471.